The van der Waals surface area contributed by atoms with Gasteiger partial charge in [0.25, 0.3) is 0 Å². The molecule has 0 saturated carbocycles. The standard InChI is InChI=1S/C21H31N3O4/c1-3-28-21(27)17-8-10-24(11-9-17)20(26)16(2)22-12-14-23(15-13-22)18-4-6-19(25)7-5-18/h4-7,16-17,25H,3,8-15H2,1-2H3/t16-/m1/s1. The molecule has 1 aromatic rings. The van der Waals surface area contributed by atoms with Gasteiger partial charge in [-0.05, 0) is 51.0 Å². The van der Waals surface area contributed by atoms with Crippen molar-refractivity contribution in [2.24, 2.45) is 5.92 Å². The van der Waals surface area contributed by atoms with Crippen LogP contribution in [0.15, 0.2) is 24.3 Å². The largest absolute Gasteiger partial charge is 0.508 e. The number of carbonyl (C=O) groups is 2. The summed E-state index contributed by atoms with van der Waals surface area (Å²) in [6.45, 7) is 8.82. The molecule has 2 fully saturated rings. The first-order chi connectivity index (χ1) is 13.5. The number of esters is 1. The minimum absolute atomic E-state index is 0.0758. The lowest BCUT2D eigenvalue weighted by Gasteiger charge is -2.40. The van der Waals surface area contributed by atoms with Crippen LogP contribution in [0.25, 0.3) is 0 Å². The van der Waals surface area contributed by atoms with E-state index in [1.807, 2.05) is 30.9 Å². The maximum absolute atomic E-state index is 12.9. The van der Waals surface area contributed by atoms with Crippen LogP contribution in [0.2, 0.25) is 0 Å². The minimum Gasteiger partial charge on any atom is -0.508 e. The van der Waals surface area contributed by atoms with Crippen LogP contribution >= 0.6 is 0 Å². The predicted molar refractivity (Wildman–Crippen MR) is 107 cm³/mol. The lowest BCUT2D eigenvalue weighted by Crippen LogP contribution is -2.55. The lowest BCUT2D eigenvalue weighted by molar-refractivity contribution is -0.152. The molecular formula is C21H31N3O4. The number of carbonyl (C=O) groups excluding carboxylic acids is 2. The number of nitrogens with zero attached hydrogens (tertiary/aromatic N) is 3. The summed E-state index contributed by atoms with van der Waals surface area (Å²) in [7, 11) is 0. The highest BCUT2D eigenvalue weighted by Gasteiger charge is 2.33. The normalized spacial score (nSPS) is 20.1. The van der Waals surface area contributed by atoms with Crippen molar-refractivity contribution in [3.63, 3.8) is 0 Å². The Morgan fingerprint density at radius 1 is 1.07 bits per heavy atom. The molecule has 0 aromatic heterocycles. The van der Waals surface area contributed by atoms with Gasteiger partial charge in [0.05, 0.1) is 18.6 Å². The number of rotatable bonds is 5. The van der Waals surface area contributed by atoms with Crippen molar-refractivity contribution in [3.8, 4) is 5.75 Å². The first kappa shape index (κ1) is 20.5. The maximum Gasteiger partial charge on any atom is 0.309 e. The molecule has 2 saturated heterocycles. The number of piperidine rings is 1. The quantitative estimate of drug-likeness (QED) is 0.773. The van der Waals surface area contributed by atoms with Crippen LogP contribution in [0.5, 0.6) is 5.75 Å². The molecule has 1 amide bonds. The molecule has 0 unspecified atom stereocenters. The van der Waals surface area contributed by atoms with Gasteiger partial charge in [0.15, 0.2) is 0 Å². The number of phenolic OH excluding ortho intramolecular Hbond substituents is 1. The molecule has 1 atom stereocenters. The fourth-order valence-electron chi connectivity index (χ4n) is 4.05. The predicted octanol–water partition coefficient (Wildman–Crippen LogP) is 1.70. The molecule has 0 aliphatic carbocycles. The van der Waals surface area contributed by atoms with Gasteiger partial charge in [-0.1, -0.05) is 0 Å². The second kappa shape index (κ2) is 9.28. The van der Waals surface area contributed by atoms with Crippen molar-refractivity contribution in [2.75, 3.05) is 50.8 Å². The maximum atomic E-state index is 12.9. The molecule has 154 valence electrons. The highest BCUT2D eigenvalue weighted by Crippen LogP contribution is 2.22. The van der Waals surface area contributed by atoms with E-state index in [1.54, 1.807) is 12.1 Å². The molecule has 0 bridgehead atoms. The Hall–Kier alpha value is -2.28. The highest BCUT2D eigenvalue weighted by atomic mass is 16.5. The highest BCUT2D eigenvalue weighted by molar-refractivity contribution is 5.82. The van der Waals surface area contributed by atoms with E-state index in [4.69, 9.17) is 4.74 Å². The Morgan fingerprint density at radius 3 is 2.25 bits per heavy atom. The van der Waals surface area contributed by atoms with Crippen LogP contribution in [0.4, 0.5) is 5.69 Å². The second-order valence-corrected chi connectivity index (χ2v) is 7.57. The van der Waals surface area contributed by atoms with Gasteiger partial charge in [0, 0.05) is 45.0 Å². The van der Waals surface area contributed by atoms with Crippen molar-refractivity contribution in [1.29, 1.82) is 0 Å². The lowest BCUT2D eigenvalue weighted by atomic mass is 9.96. The zero-order chi connectivity index (χ0) is 20.1. The third-order valence-electron chi connectivity index (χ3n) is 5.86. The molecule has 0 radical (unpaired) electrons. The second-order valence-electron chi connectivity index (χ2n) is 7.57. The number of aromatic hydroxyl groups is 1. The molecule has 28 heavy (non-hydrogen) atoms. The van der Waals surface area contributed by atoms with Gasteiger partial charge in [-0.2, -0.15) is 0 Å². The molecule has 7 heteroatoms. The molecule has 2 aliphatic rings. The van der Waals surface area contributed by atoms with E-state index in [9.17, 15) is 14.7 Å². The van der Waals surface area contributed by atoms with E-state index in [-0.39, 0.29) is 29.6 Å². The molecule has 2 heterocycles. The molecule has 2 aliphatic heterocycles. The first-order valence-corrected chi connectivity index (χ1v) is 10.2. The van der Waals surface area contributed by atoms with Gasteiger partial charge < -0.3 is 19.6 Å². The fraction of sp³-hybridized carbons (Fsp3) is 0.619. The molecule has 7 nitrogen and oxygen atoms in total. The van der Waals surface area contributed by atoms with Crippen LogP contribution in [0.1, 0.15) is 26.7 Å². The van der Waals surface area contributed by atoms with Crippen molar-refractivity contribution in [3.05, 3.63) is 24.3 Å². The van der Waals surface area contributed by atoms with E-state index >= 15 is 0 Å². The summed E-state index contributed by atoms with van der Waals surface area (Å²) < 4.78 is 5.10. The average Bonchev–Trinajstić information content (AvgIpc) is 2.74. The summed E-state index contributed by atoms with van der Waals surface area (Å²) in [5.74, 6) is 0.217. The van der Waals surface area contributed by atoms with E-state index in [0.717, 1.165) is 31.9 Å². The Kier molecular flexibility index (Phi) is 6.78. The number of likely N-dealkylation sites (tertiary alicyclic amines) is 1. The summed E-state index contributed by atoms with van der Waals surface area (Å²) in [5.41, 5.74) is 1.09. The monoisotopic (exact) mass is 389 g/mol. The third kappa shape index (κ3) is 4.76. The van der Waals surface area contributed by atoms with Crippen LogP contribution in [-0.4, -0.2) is 78.7 Å². The zero-order valence-electron chi connectivity index (χ0n) is 16.8. The van der Waals surface area contributed by atoms with Gasteiger partial charge in [-0.25, -0.2) is 0 Å². The smallest absolute Gasteiger partial charge is 0.309 e. The Labute approximate surface area is 166 Å². The molecule has 1 aromatic carbocycles. The number of anilines is 1. The van der Waals surface area contributed by atoms with Gasteiger partial charge in [-0.3, -0.25) is 14.5 Å². The summed E-state index contributed by atoms with van der Waals surface area (Å²) in [6.07, 6.45) is 1.37. The molecule has 1 N–H and O–H groups in total. The third-order valence-corrected chi connectivity index (χ3v) is 5.86. The van der Waals surface area contributed by atoms with E-state index < -0.39 is 0 Å². The number of piperazine rings is 1. The van der Waals surface area contributed by atoms with Gasteiger partial charge in [-0.15, -0.1) is 0 Å². The van der Waals surface area contributed by atoms with E-state index in [1.165, 1.54) is 0 Å². The average molecular weight is 389 g/mol. The summed E-state index contributed by atoms with van der Waals surface area (Å²) >= 11 is 0. The Morgan fingerprint density at radius 2 is 1.68 bits per heavy atom. The van der Waals surface area contributed by atoms with Crippen molar-refractivity contribution in [2.45, 2.75) is 32.7 Å². The van der Waals surface area contributed by atoms with Crippen LogP contribution < -0.4 is 4.90 Å². The molecular weight excluding hydrogens is 358 g/mol. The van der Waals surface area contributed by atoms with Crippen LogP contribution in [0.3, 0.4) is 0 Å². The number of amides is 1. The van der Waals surface area contributed by atoms with E-state index in [2.05, 4.69) is 9.80 Å². The Bertz CT molecular complexity index is 663. The van der Waals surface area contributed by atoms with Gasteiger partial charge in [0.2, 0.25) is 5.91 Å². The fourth-order valence-corrected chi connectivity index (χ4v) is 4.05. The van der Waals surface area contributed by atoms with Crippen LogP contribution in [-0.2, 0) is 14.3 Å². The number of ether oxygens (including phenoxy) is 1. The van der Waals surface area contributed by atoms with Crippen molar-refractivity contribution < 1.29 is 19.4 Å². The SMILES string of the molecule is CCOC(=O)C1CCN(C(=O)[C@@H](C)N2CCN(c3ccc(O)cc3)CC2)CC1. The van der Waals surface area contributed by atoms with E-state index in [0.29, 0.717) is 32.5 Å². The summed E-state index contributed by atoms with van der Waals surface area (Å²) in [5, 5.41) is 9.43. The number of benzene rings is 1. The topological polar surface area (TPSA) is 73.3 Å². The van der Waals surface area contributed by atoms with Gasteiger partial charge in [0.1, 0.15) is 5.75 Å². The van der Waals surface area contributed by atoms with Crippen molar-refractivity contribution in [1.82, 2.24) is 9.80 Å². The Balaban J connectivity index is 1.47. The van der Waals surface area contributed by atoms with Crippen LogP contribution in [0, 0.1) is 5.92 Å². The molecule has 0 spiro atoms. The number of hydrogen-bond acceptors (Lipinski definition) is 6. The minimum atomic E-state index is -0.152. The number of hydrogen-bond donors (Lipinski definition) is 1. The zero-order valence-corrected chi connectivity index (χ0v) is 16.8. The van der Waals surface area contributed by atoms with Crippen molar-refractivity contribution >= 4 is 17.6 Å². The molecule has 3 rings (SSSR count). The summed E-state index contributed by atoms with van der Waals surface area (Å²) in [4.78, 5) is 31.2. The summed E-state index contributed by atoms with van der Waals surface area (Å²) in [6, 6.07) is 7.10. The van der Waals surface area contributed by atoms with Gasteiger partial charge >= 0.3 is 5.97 Å². The number of phenols is 1. The first-order valence-electron chi connectivity index (χ1n) is 10.2.